The van der Waals surface area contributed by atoms with Crippen LogP contribution in [0.5, 0.6) is 0 Å². The Morgan fingerprint density at radius 3 is 3.19 bits per heavy atom. The molecule has 0 bridgehead atoms. The topological polar surface area (TPSA) is 37.0 Å². The van der Waals surface area contributed by atoms with Crippen LogP contribution in [-0.4, -0.2) is 24.6 Å². The normalized spacial score (nSPS) is 23.9. The Morgan fingerprint density at radius 2 is 2.31 bits per heavy atom. The maximum atomic E-state index is 4.74. The van der Waals surface area contributed by atoms with Gasteiger partial charge in [-0.05, 0) is 56.3 Å². The van der Waals surface area contributed by atoms with Crippen LogP contribution in [0.3, 0.4) is 0 Å². The van der Waals surface area contributed by atoms with Gasteiger partial charge in [0.05, 0.1) is 0 Å². The predicted octanol–water partition coefficient (Wildman–Crippen LogP) is 1.59. The summed E-state index contributed by atoms with van der Waals surface area (Å²) >= 11 is 0. The van der Waals surface area contributed by atoms with E-state index >= 15 is 0 Å². The van der Waals surface area contributed by atoms with Crippen LogP contribution in [0.4, 0.5) is 5.82 Å². The SMILES string of the molecule is c1cc2c(nc1CC1CCNC1)NCCC2. The summed E-state index contributed by atoms with van der Waals surface area (Å²) in [4.78, 5) is 4.74. The summed E-state index contributed by atoms with van der Waals surface area (Å²) in [5, 5.41) is 6.81. The summed E-state index contributed by atoms with van der Waals surface area (Å²) in [7, 11) is 0. The molecule has 86 valence electrons. The van der Waals surface area contributed by atoms with Crippen molar-refractivity contribution in [3.63, 3.8) is 0 Å². The van der Waals surface area contributed by atoms with Crippen molar-refractivity contribution in [2.24, 2.45) is 5.92 Å². The van der Waals surface area contributed by atoms with E-state index in [-0.39, 0.29) is 0 Å². The Bertz CT molecular complexity index is 369. The first-order valence-corrected chi connectivity index (χ1v) is 6.35. The number of fused-ring (bicyclic) bond motifs is 1. The summed E-state index contributed by atoms with van der Waals surface area (Å²) in [6, 6.07) is 4.47. The van der Waals surface area contributed by atoms with Gasteiger partial charge in [0.1, 0.15) is 5.82 Å². The van der Waals surface area contributed by atoms with Crippen LogP contribution in [0.1, 0.15) is 24.1 Å². The summed E-state index contributed by atoms with van der Waals surface area (Å²) in [5.41, 5.74) is 2.64. The molecule has 1 unspecified atom stereocenters. The highest BCUT2D eigenvalue weighted by molar-refractivity contribution is 5.47. The van der Waals surface area contributed by atoms with Gasteiger partial charge in [-0.1, -0.05) is 6.07 Å². The number of aromatic nitrogens is 1. The first-order chi connectivity index (χ1) is 7.92. The van der Waals surface area contributed by atoms with Gasteiger partial charge in [-0.25, -0.2) is 4.98 Å². The highest BCUT2D eigenvalue weighted by Gasteiger charge is 2.17. The quantitative estimate of drug-likeness (QED) is 0.790. The standard InChI is InChI=1S/C13H19N3/c1-2-11-3-4-12(16-13(11)15-6-1)8-10-5-7-14-9-10/h3-4,10,14H,1-2,5-9H2,(H,15,16). The monoisotopic (exact) mass is 217 g/mol. The number of rotatable bonds is 2. The van der Waals surface area contributed by atoms with Crippen molar-refractivity contribution >= 4 is 5.82 Å². The third-order valence-corrected chi connectivity index (χ3v) is 3.61. The molecule has 1 aromatic heterocycles. The van der Waals surface area contributed by atoms with Crippen LogP contribution in [-0.2, 0) is 12.8 Å². The van der Waals surface area contributed by atoms with E-state index in [4.69, 9.17) is 4.98 Å². The lowest BCUT2D eigenvalue weighted by molar-refractivity contribution is 0.571. The van der Waals surface area contributed by atoms with Crippen LogP contribution in [0, 0.1) is 5.92 Å². The lowest BCUT2D eigenvalue weighted by atomic mass is 10.0. The molecule has 0 aromatic carbocycles. The molecule has 0 aliphatic carbocycles. The number of nitrogens with zero attached hydrogens (tertiary/aromatic N) is 1. The Labute approximate surface area is 96.7 Å². The minimum atomic E-state index is 0.786. The van der Waals surface area contributed by atoms with Crippen LogP contribution in [0.25, 0.3) is 0 Å². The van der Waals surface area contributed by atoms with Crippen molar-refractivity contribution in [3.05, 3.63) is 23.4 Å². The van der Waals surface area contributed by atoms with Gasteiger partial charge in [-0.3, -0.25) is 0 Å². The molecule has 1 aromatic rings. The Morgan fingerprint density at radius 1 is 1.31 bits per heavy atom. The average Bonchev–Trinajstić information content (AvgIpc) is 2.82. The zero-order chi connectivity index (χ0) is 10.8. The van der Waals surface area contributed by atoms with Crippen molar-refractivity contribution < 1.29 is 0 Å². The maximum absolute atomic E-state index is 4.74. The molecule has 0 spiro atoms. The van der Waals surface area contributed by atoms with Crippen molar-refractivity contribution in [3.8, 4) is 0 Å². The van der Waals surface area contributed by atoms with Gasteiger partial charge >= 0.3 is 0 Å². The molecule has 16 heavy (non-hydrogen) atoms. The van der Waals surface area contributed by atoms with Crippen LogP contribution >= 0.6 is 0 Å². The number of nitrogens with one attached hydrogen (secondary N) is 2. The van der Waals surface area contributed by atoms with E-state index in [1.54, 1.807) is 0 Å². The van der Waals surface area contributed by atoms with E-state index in [9.17, 15) is 0 Å². The molecule has 1 saturated heterocycles. The minimum Gasteiger partial charge on any atom is -0.370 e. The van der Waals surface area contributed by atoms with Crippen LogP contribution in [0.2, 0.25) is 0 Å². The largest absolute Gasteiger partial charge is 0.370 e. The van der Waals surface area contributed by atoms with Gasteiger partial charge in [-0.15, -0.1) is 0 Å². The molecule has 0 saturated carbocycles. The third-order valence-electron chi connectivity index (χ3n) is 3.61. The number of hydrogen-bond acceptors (Lipinski definition) is 3. The lowest BCUT2D eigenvalue weighted by Crippen LogP contribution is -2.15. The van der Waals surface area contributed by atoms with Gasteiger partial charge in [0, 0.05) is 12.2 Å². The van der Waals surface area contributed by atoms with Crippen molar-refractivity contribution in [1.29, 1.82) is 0 Å². The molecule has 2 aliphatic heterocycles. The zero-order valence-electron chi connectivity index (χ0n) is 9.63. The van der Waals surface area contributed by atoms with E-state index in [1.807, 2.05) is 0 Å². The number of hydrogen-bond donors (Lipinski definition) is 2. The molecular weight excluding hydrogens is 198 g/mol. The fourth-order valence-corrected chi connectivity index (χ4v) is 2.67. The van der Waals surface area contributed by atoms with Gasteiger partial charge < -0.3 is 10.6 Å². The fourth-order valence-electron chi connectivity index (χ4n) is 2.67. The second-order valence-electron chi connectivity index (χ2n) is 4.90. The minimum absolute atomic E-state index is 0.786. The van der Waals surface area contributed by atoms with Gasteiger partial charge in [-0.2, -0.15) is 0 Å². The van der Waals surface area contributed by atoms with Crippen molar-refractivity contribution in [2.45, 2.75) is 25.7 Å². The van der Waals surface area contributed by atoms with Gasteiger partial charge in [0.25, 0.3) is 0 Å². The van der Waals surface area contributed by atoms with E-state index < -0.39 is 0 Å². The summed E-state index contributed by atoms with van der Waals surface area (Å²) in [6.07, 6.45) is 4.84. The molecule has 3 rings (SSSR count). The molecule has 1 atom stereocenters. The molecule has 3 nitrogen and oxygen atoms in total. The average molecular weight is 217 g/mol. The first-order valence-electron chi connectivity index (χ1n) is 6.35. The third kappa shape index (κ3) is 2.05. The molecule has 0 radical (unpaired) electrons. The number of aryl methyl sites for hydroxylation is 1. The first kappa shape index (κ1) is 10.1. The highest BCUT2D eigenvalue weighted by atomic mass is 15.0. The van der Waals surface area contributed by atoms with Crippen molar-refractivity contribution in [1.82, 2.24) is 10.3 Å². The lowest BCUT2D eigenvalue weighted by Gasteiger charge is -2.18. The number of anilines is 1. The van der Waals surface area contributed by atoms with E-state index in [2.05, 4.69) is 22.8 Å². The molecule has 2 aliphatic rings. The second kappa shape index (κ2) is 4.42. The Balaban J connectivity index is 1.74. The summed E-state index contributed by atoms with van der Waals surface area (Å²) in [5.74, 6) is 1.92. The maximum Gasteiger partial charge on any atom is 0.129 e. The van der Waals surface area contributed by atoms with E-state index in [0.29, 0.717) is 0 Å². The fraction of sp³-hybridized carbons (Fsp3) is 0.615. The van der Waals surface area contributed by atoms with Gasteiger partial charge in [0.2, 0.25) is 0 Å². The molecule has 0 amide bonds. The predicted molar refractivity (Wildman–Crippen MR) is 65.7 cm³/mol. The van der Waals surface area contributed by atoms with E-state index in [0.717, 1.165) is 31.2 Å². The number of pyridine rings is 1. The second-order valence-corrected chi connectivity index (χ2v) is 4.90. The Hall–Kier alpha value is -1.09. The summed E-state index contributed by atoms with van der Waals surface area (Å²) < 4.78 is 0. The van der Waals surface area contributed by atoms with Gasteiger partial charge in [0.15, 0.2) is 0 Å². The molecule has 2 N–H and O–H groups in total. The highest BCUT2D eigenvalue weighted by Crippen LogP contribution is 2.21. The van der Waals surface area contributed by atoms with Crippen molar-refractivity contribution in [2.75, 3.05) is 25.0 Å². The Kier molecular flexibility index (Phi) is 2.79. The summed E-state index contributed by atoms with van der Waals surface area (Å²) in [6.45, 7) is 3.41. The molecule has 3 heteroatoms. The molecular formula is C13H19N3. The van der Waals surface area contributed by atoms with E-state index in [1.165, 1.54) is 37.1 Å². The zero-order valence-corrected chi connectivity index (χ0v) is 9.63. The van der Waals surface area contributed by atoms with Crippen LogP contribution in [0.15, 0.2) is 12.1 Å². The molecule has 1 fully saturated rings. The smallest absolute Gasteiger partial charge is 0.129 e. The van der Waals surface area contributed by atoms with Crippen LogP contribution < -0.4 is 10.6 Å². The molecule has 3 heterocycles.